The molecule has 2 aromatic rings. The summed E-state index contributed by atoms with van der Waals surface area (Å²) < 4.78 is 7.40. The number of benzene rings is 1. The number of aromatic nitrogens is 2. The molecule has 0 bridgehead atoms. The second-order valence-electron chi connectivity index (χ2n) is 5.62. The zero-order valence-electron chi connectivity index (χ0n) is 11.6. The summed E-state index contributed by atoms with van der Waals surface area (Å²) in [6.45, 7) is 3.26. The third-order valence-electron chi connectivity index (χ3n) is 4.64. The van der Waals surface area contributed by atoms with Crippen LogP contribution in [-0.4, -0.2) is 16.7 Å². The van der Waals surface area contributed by atoms with Crippen molar-refractivity contribution in [3.05, 3.63) is 18.2 Å². The van der Waals surface area contributed by atoms with Crippen LogP contribution in [0.5, 0.6) is 5.75 Å². The summed E-state index contributed by atoms with van der Waals surface area (Å²) >= 11 is 0. The molecule has 0 amide bonds. The van der Waals surface area contributed by atoms with Gasteiger partial charge in [-0.15, -0.1) is 0 Å². The number of nitrogen functional groups attached to an aromatic ring is 1. The second kappa shape index (κ2) is 4.44. The molecular weight excluding hydrogens is 238 g/mol. The van der Waals surface area contributed by atoms with E-state index in [1.54, 1.807) is 7.11 Å². The predicted octanol–water partition coefficient (Wildman–Crippen LogP) is 3.21. The van der Waals surface area contributed by atoms with Gasteiger partial charge in [-0.3, -0.25) is 0 Å². The monoisotopic (exact) mass is 259 g/mol. The lowest BCUT2D eigenvalue weighted by molar-refractivity contribution is 0.103. The van der Waals surface area contributed by atoms with Crippen molar-refractivity contribution in [2.45, 2.75) is 39.2 Å². The van der Waals surface area contributed by atoms with E-state index in [2.05, 4.69) is 22.5 Å². The molecule has 102 valence electrons. The number of methoxy groups -OCH3 is 1. The lowest BCUT2D eigenvalue weighted by Gasteiger charge is -2.41. The molecule has 1 aromatic carbocycles. The molecule has 1 aliphatic rings. The van der Waals surface area contributed by atoms with Crippen LogP contribution in [0, 0.1) is 5.41 Å². The molecule has 2 N–H and O–H groups in total. The number of nitrogens with two attached hydrogens (primary N) is 1. The highest BCUT2D eigenvalue weighted by Crippen LogP contribution is 2.46. The van der Waals surface area contributed by atoms with Crippen molar-refractivity contribution >= 4 is 17.0 Å². The molecule has 4 heteroatoms. The average molecular weight is 259 g/mol. The Morgan fingerprint density at radius 1 is 1.42 bits per heavy atom. The van der Waals surface area contributed by atoms with Gasteiger partial charge in [0, 0.05) is 12.6 Å². The molecule has 3 rings (SSSR count). The Balaban J connectivity index is 2.01. The van der Waals surface area contributed by atoms with E-state index in [0.717, 1.165) is 23.3 Å². The molecule has 0 saturated heterocycles. The van der Waals surface area contributed by atoms with Crippen molar-refractivity contribution in [3.8, 4) is 5.75 Å². The first kappa shape index (κ1) is 12.3. The molecule has 1 heterocycles. The van der Waals surface area contributed by atoms with Crippen molar-refractivity contribution in [1.82, 2.24) is 9.55 Å². The Morgan fingerprint density at radius 2 is 2.21 bits per heavy atom. The third-order valence-corrected chi connectivity index (χ3v) is 4.64. The fourth-order valence-electron chi connectivity index (χ4n) is 3.06. The molecule has 0 spiro atoms. The topological polar surface area (TPSA) is 53.1 Å². The number of fused-ring (bicyclic) bond motifs is 1. The predicted molar refractivity (Wildman–Crippen MR) is 77.3 cm³/mol. The summed E-state index contributed by atoms with van der Waals surface area (Å²) in [7, 11) is 1.67. The fraction of sp³-hybridized carbons (Fsp3) is 0.533. The Hall–Kier alpha value is -1.71. The van der Waals surface area contributed by atoms with Gasteiger partial charge in [0.1, 0.15) is 5.75 Å². The van der Waals surface area contributed by atoms with Gasteiger partial charge in [0.05, 0.1) is 18.1 Å². The second-order valence-corrected chi connectivity index (χ2v) is 5.62. The van der Waals surface area contributed by atoms with Gasteiger partial charge < -0.3 is 15.0 Å². The molecule has 4 nitrogen and oxygen atoms in total. The van der Waals surface area contributed by atoms with E-state index < -0.39 is 0 Å². The van der Waals surface area contributed by atoms with E-state index >= 15 is 0 Å². The van der Waals surface area contributed by atoms with Crippen LogP contribution in [0.15, 0.2) is 18.2 Å². The highest BCUT2D eigenvalue weighted by Gasteiger charge is 2.36. The summed E-state index contributed by atoms with van der Waals surface area (Å²) in [5.41, 5.74) is 8.56. The summed E-state index contributed by atoms with van der Waals surface area (Å²) in [4.78, 5) is 4.46. The highest BCUT2D eigenvalue weighted by molar-refractivity contribution is 5.79. The van der Waals surface area contributed by atoms with Gasteiger partial charge in [0.15, 0.2) is 0 Å². The van der Waals surface area contributed by atoms with Gasteiger partial charge in [-0.1, -0.05) is 13.3 Å². The van der Waals surface area contributed by atoms with Crippen molar-refractivity contribution in [2.24, 2.45) is 5.41 Å². The Morgan fingerprint density at radius 3 is 2.79 bits per heavy atom. The maximum Gasteiger partial charge on any atom is 0.201 e. The Labute approximate surface area is 113 Å². The number of rotatable bonds is 4. The molecule has 1 aliphatic carbocycles. The quantitative estimate of drug-likeness (QED) is 0.917. The van der Waals surface area contributed by atoms with E-state index in [-0.39, 0.29) is 0 Å². The van der Waals surface area contributed by atoms with E-state index in [1.165, 1.54) is 25.7 Å². The van der Waals surface area contributed by atoms with Crippen LogP contribution in [-0.2, 0) is 6.54 Å². The van der Waals surface area contributed by atoms with Gasteiger partial charge in [0.25, 0.3) is 0 Å². The first-order valence-electron chi connectivity index (χ1n) is 6.97. The van der Waals surface area contributed by atoms with Crippen LogP contribution in [0.2, 0.25) is 0 Å². The van der Waals surface area contributed by atoms with Crippen LogP contribution in [0.25, 0.3) is 11.0 Å². The maximum absolute atomic E-state index is 6.10. The van der Waals surface area contributed by atoms with E-state index in [4.69, 9.17) is 10.5 Å². The van der Waals surface area contributed by atoms with Crippen LogP contribution < -0.4 is 10.5 Å². The Kier molecular flexibility index (Phi) is 2.88. The smallest absolute Gasteiger partial charge is 0.201 e. The molecule has 1 fully saturated rings. The molecule has 1 aromatic heterocycles. The van der Waals surface area contributed by atoms with Crippen molar-refractivity contribution in [2.75, 3.05) is 12.8 Å². The third kappa shape index (κ3) is 1.95. The maximum atomic E-state index is 6.10. The summed E-state index contributed by atoms with van der Waals surface area (Å²) in [5.74, 6) is 1.44. The minimum Gasteiger partial charge on any atom is -0.497 e. The molecule has 0 atom stereocenters. The number of nitrogens with zero attached hydrogens (tertiary/aromatic N) is 2. The SMILES string of the molecule is CCC1(Cn2c(N)nc3cc(OC)ccc32)CCC1. The van der Waals surface area contributed by atoms with Gasteiger partial charge >= 0.3 is 0 Å². The lowest BCUT2D eigenvalue weighted by Crippen LogP contribution is -2.33. The minimum atomic E-state index is 0.432. The van der Waals surface area contributed by atoms with Gasteiger partial charge in [-0.2, -0.15) is 0 Å². The van der Waals surface area contributed by atoms with Crippen molar-refractivity contribution < 1.29 is 4.74 Å². The molecule has 0 aliphatic heterocycles. The average Bonchev–Trinajstić information content (AvgIpc) is 2.68. The van der Waals surface area contributed by atoms with Gasteiger partial charge in [0.2, 0.25) is 5.95 Å². The van der Waals surface area contributed by atoms with Crippen LogP contribution in [0.1, 0.15) is 32.6 Å². The largest absolute Gasteiger partial charge is 0.497 e. The van der Waals surface area contributed by atoms with Crippen molar-refractivity contribution in [3.63, 3.8) is 0 Å². The highest BCUT2D eigenvalue weighted by atomic mass is 16.5. The zero-order valence-corrected chi connectivity index (χ0v) is 11.6. The van der Waals surface area contributed by atoms with Crippen LogP contribution in [0.3, 0.4) is 0 Å². The van der Waals surface area contributed by atoms with E-state index in [0.29, 0.717) is 11.4 Å². The standard InChI is InChI=1S/C15H21N3O/c1-3-15(7-4-8-15)10-18-13-6-5-11(19-2)9-12(13)17-14(18)16/h5-6,9H,3-4,7-8,10H2,1-2H3,(H2,16,17). The number of anilines is 1. The molecule has 0 radical (unpaired) electrons. The fourth-order valence-corrected chi connectivity index (χ4v) is 3.06. The molecule has 19 heavy (non-hydrogen) atoms. The number of hydrogen-bond donors (Lipinski definition) is 1. The van der Waals surface area contributed by atoms with Gasteiger partial charge in [-0.25, -0.2) is 4.98 Å². The number of imidazole rings is 1. The zero-order chi connectivity index (χ0) is 13.5. The van der Waals surface area contributed by atoms with Crippen molar-refractivity contribution in [1.29, 1.82) is 0 Å². The lowest BCUT2D eigenvalue weighted by atomic mass is 9.67. The van der Waals surface area contributed by atoms with Gasteiger partial charge in [-0.05, 0) is 36.8 Å². The summed E-state index contributed by atoms with van der Waals surface area (Å²) in [6.07, 6.45) is 5.16. The number of ether oxygens (including phenoxy) is 1. The van der Waals surface area contributed by atoms with Crippen LogP contribution >= 0.6 is 0 Å². The first-order valence-corrected chi connectivity index (χ1v) is 6.97. The van der Waals surface area contributed by atoms with E-state index in [9.17, 15) is 0 Å². The van der Waals surface area contributed by atoms with E-state index in [1.807, 2.05) is 12.1 Å². The summed E-state index contributed by atoms with van der Waals surface area (Å²) in [6, 6.07) is 5.97. The summed E-state index contributed by atoms with van der Waals surface area (Å²) in [5, 5.41) is 0. The molecular formula is C15H21N3O. The normalized spacial score (nSPS) is 17.4. The van der Waals surface area contributed by atoms with Crippen LogP contribution in [0.4, 0.5) is 5.95 Å². The first-order chi connectivity index (χ1) is 9.17. The molecule has 1 saturated carbocycles. The minimum absolute atomic E-state index is 0.432. The Bertz CT molecular complexity index is 593. The number of hydrogen-bond acceptors (Lipinski definition) is 3. The molecule has 0 unspecified atom stereocenters.